The lowest BCUT2D eigenvalue weighted by Gasteiger charge is -2.19. The van der Waals surface area contributed by atoms with Crippen LogP contribution in [-0.2, 0) is 11.4 Å². The molecule has 0 atom stereocenters. The third kappa shape index (κ3) is 2.47. The summed E-state index contributed by atoms with van der Waals surface area (Å²) in [6, 6.07) is 6.29. The SMILES string of the molecule is CONCc1c(C)cccc1N(C)C. The van der Waals surface area contributed by atoms with Crippen molar-refractivity contribution in [3.05, 3.63) is 29.3 Å². The van der Waals surface area contributed by atoms with Gasteiger partial charge in [0.25, 0.3) is 0 Å². The van der Waals surface area contributed by atoms with Gasteiger partial charge in [0.15, 0.2) is 0 Å². The molecule has 0 spiro atoms. The topological polar surface area (TPSA) is 24.5 Å². The third-order valence-electron chi connectivity index (χ3n) is 2.26. The molecular weight excluding hydrogens is 176 g/mol. The van der Waals surface area contributed by atoms with Gasteiger partial charge in [0, 0.05) is 26.3 Å². The molecule has 1 aromatic carbocycles. The molecule has 0 heterocycles. The second-order valence-electron chi connectivity index (χ2n) is 3.49. The number of nitrogens with zero attached hydrogens (tertiary/aromatic N) is 1. The summed E-state index contributed by atoms with van der Waals surface area (Å²) in [5.41, 5.74) is 6.66. The van der Waals surface area contributed by atoms with Crippen LogP contribution >= 0.6 is 0 Å². The summed E-state index contributed by atoms with van der Waals surface area (Å²) < 4.78 is 0. The summed E-state index contributed by atoms with van der Waals surface area (Å²) in [6.07, 6.45) is 0. The highest BCUT2D eigenvalue weighted by molar-refractivity contribution is 5.55. The van der Waals surface area contributed by atoms with Crippen molar-refractivity contribution in [1.29, 1.82) is 0 Å². The second kappa shape index (κ2) is 4.98. The molecule has 0 aliphatic heterocycles. The van der Waals surface area contributed by atoms with E-state index in [9.17, 15) is 0 Å². The fraction of sp³-hybridized carbons (Fsp3) is 0.455. The Morgan fingerprint density at radius 3 is 2.64 bits per heavy atom. The van der Waals surface area contributed by atoms with Gasteiger partial charge in [-0.3, -0.25) is 0 Å². The Bertz CT molecular complexity index is 297. The fourth-order valence-corrected chi connectivity index (χ4v) is 1.48. The zero-order valence-corrected chi connectivity index (χ0v) is 9.29. The smallest absolute Gasteiger partial charge is 0.0572 e. The normalized spacial score (nSPS) is 10.3. The van der Waals surface area contributed by atoms with Crippen LogP contribution in [0.3, 0.4) is 0 Å². The number of hydroxylamine groups is 1. The first-order chi connectivity index (χ1) is 6.66. The number of rotatable bonds is 4. The molecular formula is C11H18N2O. The predicted octanol–water partition coefficient (Wildman–Crippen LogP) is 1.71. The third-order valence-corrected chi connectivity index (χ3v) is 2.26. The van der Waals surface area contributed by atoms with Gasteiger partial charge in [-0.2, -0.15) is 5.48 Å². The van der Waals surface area contributed by atoms with Gasteiger partial charge in [0.05, 0.1) is 7.11 Å². The minimum Gasteiger partial charge on any atom is -0.377 e. The molecule has 14 heavy (non-hydrogen) atoms. The minimum absolute atomic E-state index is 0.733. The van der Waals surface area contributed by atoms with Gasteiger partial charge in [-0.25, -0.2) is 0 Å². The molecule has 0 radical (unpaired) electrons. The lowest BCUT2D eigenvalue weighted by molar-refractivity contribution is 0.0867. The highest BCUT2D eigenvalue weighted by Gasteiger charge is 2.06. The zero-order chi connectivity index (χ0) is 10.6. The van der Waals surface area contributed by atoms with Crippen molar-refractivity contribution in [2.24, 2.45) is 0 Å². The summed E-state index contributed by atoms with van der Waals surface area (Å²) in [4.78, 5) is 6.98. The highest BCUT2D eigenvalue weighted by atomic mass is 16.6. The lowest BCUT2D eigenvalue weighted by Crippen LogP contribution is -2.17. The van der Waals surface area contributed by atoms with E-state index in [0.717, 1.165) is 6.54 Å². The van der Waals surface area contributed by atoms with Gasteiger partial charge in [0.1, 0.15) is 0 Å². The van der Waals surface area contributed by atoms with Crippen molar-refractivity contribution >= 4 is 5.69 Å². The average Bonchev–Trinajstić information content (AvgIpc) is 2.15. The number of aryl methyl sites for hydroxylation is 1. The molecule has 0 saturated carbocycles. The van der Waals surface area contributed by atoms with E-state index in [1.165, 1.54) is 16.8 Å². The van der Waals surface area contributed by atoms with Crippen LogP contribution in [0.15, 0.2) is 18.2 Å². The van der Waals surface area contributed by atoms with Gasteiger partial charge < -0.3 is 9.74 Å². The first kappa shape index (κ1) is 11.0. The Hall–Kier alpha value is -1.06. The number of nitrogens with one attached hydrogen (secondary N) is 1. The molecule has 0 aliphatic carbocycles. The molecule has 78 valence electrons. The Morgan fingerprint density at radius 1 is 1.36 bits per heavy atom. The molecule has 1 N–H and O–H groups in total. The van der Waals surface area contributed by atoms with Gasteiger partial charge >= 0.3 is 0 Å². The van der Waals surface area contributed by atoms with E-state index in [0.29, 0.717) is 0 Å². The van der Waals surface area contributed by atoms with Crippen LogP contribution in [0, 0.1) is 6.92 Å². The van der Waals surface area contributed by atoms with E-state index in [1.807, 2.05) is 14.1 Å². The second-order valence-corrected chi connectivity index (χ2v) is 3.49. The summed E-state index contributed by atoms with van der Waals surface area (Å²) >= 11 is 0. The molecule has 0 saturated heterocycles. The molecule has 0 aliphatic rings. The Balaban J connectivity index is 2.96. The number of hydrogen-bond donors (Lipinski definition) is 1. The van der Waals surface area contributed by atoms with E-state index in [4.69, 9.17) is 4.84 Å². The highest BCUT2D eigenvalue weighted by Crippen LogP contribution is 2.21. The average molecular weight is 194 g/mol. The first-order valence-electron chi connectivity index (χ1n) is 4.68. The van der Waals surface area contributed by atoms with Gasteiger partial charge in [-0.1, -0.05) is 12.1 Å². The van der Waals surface area contributed by atoms with Gasteiger partial charge in [0.2, 0.25) is 0 Å². The maximum Gasteiger partial charge on any atom is 0.0572 e. The summed E-state index contributed by atoms with van der Waals surface area (Å²) in [6.45, 7) is 2.84. The maximum atomic E-state index is 4.87. The number of hydrogen-bond acceptors (Lipinski definition) is 3. The predicted molar refractivity (Wildman–Crippen MR) is 59.4 cm³/mol. The Labute approximate surface area is 85.6 Å². The van der Waals surface area contributed by atoms with Crippen molar-refractivity contribution in [3.63, 3.8) is 0 Å². The van der Waals surface area contributed by atoms with Crippen LogP contribution in [-0.4, -0.2) is 21.2 Å². The molecule has 0 fully saturated rings. The molecule has 3 heteroatoms. The van der Waals surface area contributed by atoms with E-state index in [-0.39, 0.29) is 0 Å². The van der Waals surface area contributed by atoms with Crippen molar-refractivity contribution in [2.75, 3.05) is 26.1 Å². The van der Waals surface area contributed by atoms with E-state index >= 15 is 0 Å². The first-order valence-corrected chi connectivity index (χ1v) is 4.68. The van der Waals surface area contributed by atoms with E-state index in [2.05, 4.69) is 35.5 Å². The van der Waals surface area contributed by atoms with E-state index in [1.54, 1.807) is 7.11 Å². The minimum atomic E-state index is 0.733. The molecule has 0 unspecified atom stereocenters. The summed E-state index contributed by atoms with van der Waals surface area (Å²) in [7, 11) is 5.73. The van der Waals surface area contributed by atoms with Crippen molar-refractivity contribution in [3.8, 4) is 0 Å². The molecule has 3 nitrogen and oxygen atoms in total. The van der Waals surface area contributed by atoms with Gasteiger partial charge in [-0.05, 0) is 24.1 Å². The van der Waals surface area contributed by atoms with E-state index < -0.39 is 0 Å². The molecule has 0 amide bonds. The molecule has 1 rings (SSSR count). The van der Waals surface area contributed by atoms with Crippen LogP contribution in [0.4, 0.5) is 5.69 Å². The standard InChI is InChI=1S/C11H18N2O/c1-9-6-5-7-11(13(2)3)10(9)8-12-14-4/h5-7,12H,8H2,1-4H3. The molecule has 0 bridgehead atoms. The summed E-state index contributed by atoms with van der Waals surface area (Å²) in [5.74, 6) is 0. The van der Waals surface area contributed by atoms with Crippen LogP contribution in [0.5, 0.6) is 0 Å². The maximum absolute atomic E-state index is 4.87. The van der Waals surface area contributed by atoms with Crippen molar-refractivity contribution in [2.45, 2.75) is 13.5 Å². The Morgan fingerprint density at radius 2 is 2.07 bits per heavy atom. The van der Waals surface area contributed by atoms with Crippen molar-refractivity contribution < 1.29 is 4.84 Å². The van der Waals surface area contributed by atoms with Crippen LogP contribution in [0.25, 0.3) is 0 Å². The van der Waals surface area contributed by atoms with Crippen LogP contribution in [0.2, 0.25) is 0 Å². The molecule has 1 aromatic rings. The Kier molecular flexibility index (Phi) is 3.92. The quantitative estimate of drug-likeness (QED) is 0.738. The van der Waals surface area contributed by atoms with Crippen LogP contribution in [0.1, 0.15) is 11.1 Å². The largest absolute Gasteiger partial charge is 0.377 e. The lowest BCUT2D eigenvalue weighted by atomic mass is 10.1. The van der Waals surface area contributed by atoms with Crippen LogP contribution < -0.4 is 10.4 Å². The zero-order valence-electron chi connectivity index (χ0n) is 9.29. The fourth-order valence-electron chi connectivity index (χ4n) is 1.48. The monoisotopic (exact) mass is 194 g/mol. The van der Waals surface area contributed by atoms with Crippen molar-refractivity contribution in [1.82, 2.24) is 5.48 Å². The number of benzene rings is 1. The van der Waals surface area contributed by atoms with Gasteiger partial charge in [-0.15, -0.1) is 0 Å². The molecule has 0 aromatic heterocycles. The summed E-state index contributed by atoms with van der Waals surface area (Å²) in [5, 5.41) is 0. The number of anilines is 1.